The Morgan fingerprint density at radius 3 is 1.41 bits per heavy atom. The van der Waals surface area contributed by atoms with Crippen LogP contribution in [0.3, 0.4) is 0 Å². The van der Waals surface area contributed by atoms with Gasteiger partial charge in [-0.3, -0.25) is 19.6 Å². The Morgan fingerprint density at radius 2 is 0.961 bits per heavy atom. The van der Waals surface area contributed by atoms with E-state index in [1.807, 2.05) is 49.1 Å². The van der Waals surface area contributed by atoms with Crippen LogP contribution in [0.2, 0.25) is 0 Å². The molecule has 3 heterocycles. The van der Waals surface area contributed by atoms with Crippen molar-refractivity contribution in [1.29, 1.82) is 0 Å². The number of fused-ring (bicyclic) bond motifs is 3. The molecule has 5 nitrogen and oxygen atoms in total. The summed E-state index contributed by atoms with van der Waals surface area (Å²) in [6.07, 6.45) is 12.9. The van der Waals surface area contributed by atoms with E-state index in [9.17, 15) is 0 Å². The fourth-order valence-electron chi connectivity index (χ4n) is 9.00. The van der Waals surface area contributed by atoms with Gasteiger partial charge in [-0.1, -0.05) is 69.2 Å². The molecule has 0 atom stereocenters. The van der Waals surface area contributed by atoms with Crippen molar-refractivity contribution in [2.45, 2.75) is 52.4 Å². The first-order valence-electron chi connectivity index (χ1n) is 18.2. The van der Waals surface area contributed by atoms with Crippen molar-refractivity contribution in [2.24, 2.45) is 0 Å². The molecule has 0 spiro atoms. The molecule has 0 unspecified atom stereocenters. The molecule has 0 saturated heterocycles. The van der Waals surface area contributed by atoms with Gasteiger partial charge in [0, 0.05) is 24.8 Å². The molecule has 10 aromatic rings. The number of pyridine rings is 2. The van der Waals surface area contributed by atoms with Gasteiger partial charge in [-0.05, 0) is 149 Å². The number of rotatable bonds is 9. The van der Waals surface area contributed by atoms with Crippen LogP contribution in [0, 0.1) is 0 Å². The molecule has 5 heteroatoms. The number of unbranched alkanes of at least 4 members (excludes halogenated alkanes) is 2. The smallest absolute Gasteiger partial charge is 0.266 e. The lowest BCUT2D eigenvalue weighted by atomic mass is 9.89. The highest BCUT2D eigenvalue weighted by atomic mass is 16.2. The average Bonchev–Trinajstić information content (AvgIpc) is 3.67. The van der Waals surface area contributed by atoms with Gasteiger partial charge in [-0.2, -0.15) is 0 Å². The van der Waals surface area contributed by atoms with E-state index in [1.165, 1.54) is 5.39 Å². The van der Waals surface area contributed by atoms with Crippen molar-refractivity contribution in [3.8, 4) is 27.9 Å². The van der Waals surface area contributed by atoms with Crippen molar-refractivity contribution in [3.63, 3.8) is 0 Å². The molecule has 0 amide bonds. The van der Waals surface area contributed by atoms with Gasteiger partial charge in [-0.25, -0.2) is 4.57 Å². The molecule has 0 bridgehead atoms. The molecule has 0 radical (unpaired) electrons. The topological polar surface area (TPSA) is 64.8 Å². The van der Waals surface area contributed by atoms with E-state index in [1.54, 1.807) is 4.57 Å². The highest BCUT2D eigenvalue weighted by Crippen LogP contribution is 2.53. The van der Waals surface area contributed by atoms with Gasteiger partial charge in [0.05, 0.1) is 16.5 Å². The summed E-state index contributed by atoms with van der Waals surface area (Å²) in [5.74, 6) is 0. The van der Waals surface area contributed by atoms with Crippen molar-refractivity contribution >= 4 is 64.6 Å². The van der Waals surface area contributed by atoms with E-state index < -0.39 is 0 Å². The predicted octanol–water partition coefficient (Wildman–Crippen LogP) is 10.7. The second kappa shape index (κ2) is 11.3. The minimum absolute atomic E-state index is 0.229. The van der Waals surface area contributed by atoms with Crippen LogP contribution in [0.15, 0.2) is 113 Å². The molecule has 0 fully saturated rings. The Labute approximate surface area is 294 Å². The molecule has 246 valence electrons. The Hall–Kier alpha value is -5.94. The third-order valence-corrected chi connectivity index (χ3v) is 11.3. The van der Waals surface area contributed by atoms with E-state index >= 15 is 9.59 Å². The Morgan fingerprint density at radius 1 is 0.510 bits per heavy atom. The quantitative estimate of drug-likeness (QED) is 0.144. The summed E-state index contributed by atoms with van der Waals surface area (Å²) in [5, 5.41) is 11.8. The van der Waals surface area contributed by atoms with Crippen molar-refractivity contribution in [3.05, 3.63) is 135 Å². The van der Waals surface area contributed by atoms with Crippen LogP contribution in [-0.2, 0) is 12.8 Å². The third kappa shape index (κ3) is 4.09. The Kier molecular flexibility index (Phi) is 6.63. The van der Waals surface area contributed by atoms with Crippen LogP contribution in [0.25, 0.3) is 92.6 Å². The highest BCUT2D eigenvalue weighted by molar-refractivity contribution is 6.50. The molecular formula is C46H35N3O2. The minimum atomic E-state index is -0.229. The molecular weight excluding hydrogens is 627 g/mol. The average molecular weight is 662 g/mol. The zero-order valence-corrected chi connectivity index (χ0v) is 28.7. The van der Waals surface area contributed by atoms with E-state index in [0.29, 0.717) is 10.8 Å². The maximum absolute atomic E-state index is 15.3. The fourth-order valence-corrected chi connectivity index (χ4v) is 9.00. The first kappa shape index (κ1) is 29.9. The maximum Gasteiger partial charge on any atom is 0.266 e. The van der Waals surface area contributed by atoms with Crippen LogP contribution in [0.1, 0.15) is 50.7 Å². The number of nitrogens with zero attached hydrogens (tertiary/aromatic N) is 3. The predicted molar refractivity (Wildman–Crippen MR) is 212 cm³/mol. The first-order chi connectivity index (χ1) is 25.1. The number of benzene rings is 6. The maximum atomic E-state index is 15.3. The van der Waals surface area contributed by atoms with Gasteiger partial charge in [0.2, 0.25) is 0 Å². The summed E-state index contributed by atoms with van der Waals surface area (Å²) in [4.78, 5) is 39.2. The van der Waals surface area contributed by atoms with Crippen LogP contribution in [-0.4, -0.2) is 14.5 Å². The summed E-state index contributed by atoms with van der Waals surface area (Å²) in [7, 11) is 0. The van der Waals surface area contributed by atoms with E-state index in [2.05, 4.69) is 78.4 Å². The number of para-hydroxylation sites is 1. The SMILES string of the molecule is CCCCc1cccc(CCCC)c1-n1c(=O)c2c3cc(-c4ccncc4)c4ccc5ccc6c(-c7ccncc7)cc(c2c1=O)c1c6c5c4c31. The second-order valence-electron chi connectivity index (χ2n) is 14.1. The summed E-state index contributed by atoms with van der Waals surface area (Å²) in [6, 6.07) is 27.6. The summed E-state index contributed by atoms with van der Waals surface area (Å²) < 4.78 is 1.54. The molecule has 0 N–H and O–H groups in total. The largest absolute Gasteiger partial charge is 0.268 e. The molecule has 3 aromatic heterocycles. The molecule has 7 aromatic carbocycles. The van der Waals surface area contributed by atoms with Crippen molar-refractivity contribution in [2.75, 3.05) is 0 Å². The van der Waals surface area contributed by atoms with Crippen LogP contribution in [0.5, 0.6) is 0 Å². The third-order valence-electron chi connectivity index (χ3n) is 11.3. The van der Waals surface area contributed by atoms with Crippen molar-refractivity contribution in [1.82, 2.24) is 14.5 Å². The number of aryl methyl sites for hydroxylation is 2. The number of aromatic nitrogens is 3. The Bertz CT molecular complexity index is 2830. The fraction of sp³-hybridized carbons (Fsp3) is 0.174. The second-order valence-corrected chi connectivity index (χ2v) is 14.1. The number of hydrogen-bond acceptors (Lipinski definition) is 4. The monoisotopic (exact) mass is 661 g/mol. The van der Waals surface area contributed by atoms with E-state index in [4.69, 9.17) is 0 Å². The molecule has 10 rings (SSSR count). The number of hydrogen-bond donors (Lipinski definition) is 0. The van der Waals surface area contributed by atoms with Crippen LogP contribution in [0.4, 0.5) is 0 Å². The summed E-state index contributed by atoms with van der Waals surface area (Å²) in [6.45, 7) is 4.36. The van der Waals surface area contributed by atoms with Gasteiger partial charge in [0.1, 0.15) is 0 Å². The van der Waals surface area contributed by atoms with E-state index in [0.717, 1.165) is 126 Å². The summed E-state index contributed by atoms with van der Waals surface area (Å²) >= 11 is 0. The molecule has 0 aliphatic heterocycles. The Balaban J connectivity index is 1.46. The van der Waals surface area contributed by atoms with Crippen molar-refractivity contribution < 1.29 is 0 Å². The lowest BCUT2D eigenvalue weighted by Crippen LogP contribution is -2.26. The first-order valence-corrected chi connectivity index (χ1v) is 18.2. The van der Waals surface area contributed by atoms with Gasteiger partial charge in [0.15, 0.2) is 0 Å². The normalized spacial score (nSPS) is 12.4. The molecule has 51 heavy (non-hydrogen) atoms. The standard InChI is InChI=1S/C46H35N3O2/c1-3-5-8-29-10-7-11-30(9-6-4-2)44(29)49-45(50)42-35-24-33(26-16-20-47-21-17-26)31-14-12-28-13-15-32-34(27-18-22-48-23-19-27)25-36(43(42)46(49)51)41-39(32)37(28)38(31)40(35)41/h7,10-25H,3-6,8-9H2,1-2H3. The van der Waals surface area contributed by atoms with Gasteiger partial charge in [-0.15, -0.1) is 0 Å². The van der Waals surface area contributed by atoms with Crippen LogP contribution < -0.4 is 11.1 Å². The lowest BCUT2D eigenvalue weighted by molar-refractivity contribution is 0.765. The summed E-state index contributed by atoms with van der Waals surface area (Å²) in [5.41, 5.74) is 6.59. The van der Waals surface area contributed by atoms with Gasteiger partial charge < -0.3 is 0 Å². The van der Waals surface area contributed by atoms with Crippen LogP contribution >= 0.6 is 0 Å². The molecule has 0 saturated carbocycles. The van der Waals surface area contributed by atoms with Gasteiger partial charge in [0.25, 0.3) is 11.1 Å². The van der Waals surface area contributed by atoms with E-state index in [-0.39, 0.29) is 11.1 Å². The zero-order valence-electron chi connectivity index (χ0n) is 28.7. The molecule has 0 aliphatic carbocycles. The zero-order chi connectivity index (χ0) is 34.4. The lowest BCUT2D eigenvalue weighted by Gasteiger charge is -2.15. The highest BCUT2D eigenvalue weighted by Gasteiger charge is 2.30. The minimum Gasteiger partial charge on any atom is -0.268 e. The molecule has 0 aliphatic rings. The van der Waals surface area contributed by atoms with Gasteiger partial charge >= 0.3 is 0 Å².